The van der Waals surface area contributed by atoms with Crippen LogP contribution in [0, 0.1) is 11.8 Å². The highest BCUT2D eigenvalue weighted by Crippen LogP contribution is 2.26. The maximum absolute atomic E-state index is 2.47. The van der Waals surface area contributed by atoms with Gasteiger partial charge in [-0.15, -0.1) is 0 Å². The lowest BCUT2D eigenvalue weighted by Crippen LogP contribution is -2.06. The summed E-state index contributed by atoms with van der Waals surface area (Å²) in [5.74, 6) is 2.01. The monoisotopic (exact) mass is 210 g/mol. The van der Waals surface area contributed by atoms with Crippen LogP contribution in [0.1, 0.15) is 84.5 Å². The molecule has 1 aliphatic rings. The van der Waals surface area contributed by atoms with Crippen LogP contribution >= 0.6 is 0 Å². The van der Waals surface area contributed by atoms with E-state index in [-0.39, 0.29) is 0 Å². The zero-order valence-electron chi connectivity index (χ0n) is 10.9. The van der Waals surface area contributed by atoms with Crippen LogP contribution in [-0.4, -0.2) is 0 Å². The molecular formula is C15H30. The Balaban J connectivity index is 2.29. The van der Waals surface area contributed by atoms with E-state index in [0.717, 1.165) is 11.8 Å². The lowest BCUT2D eigenvalue weighted by Gasteiger charge is -2.20. The Morgan fingerprint density at radius 2 is 1.33 bits per heavy atom. The normalized spacial score (nSPS) is 31.6. The molecule has 0 N–H and O–H groups in total. The van der Waals surface area contributed by atoms with Crippen molar-refractivity contribution in [1.82, 2.24) is 0 Å². The summed E-state index contributed by atoms with van der Waals surface area (Å²) in [6.07, 6.45) is 16.3. The molecule has 0 bridgehead atoms. The summed E-state index contributed by atoms with van der Waals surface area (Å²) in [6.45, 7) is 4.84. The lowest BCUT2D eigenvalue weighted by molar-refractivity contribution is 0.324. The van der Waals surface area contributed by atoms with E-state index in [1.807, 2.05) is 0 Å². The minimum absolute atomic E-state index is 0.981. The largest absolute Gasteiger partial charge is 0.0651 e. The second-order valence-corrected chi connectivity index (χ2v) is 5.67. The first-order valence-corrected chi connectivity index (χ1v) is 7.33. The highest BCUT2D eigenvalue weighted by atomic mass is 14.2. The molecular weight excluding hydrogens is 180 g/mol. The molecule has 0 spiro atoms. The number of hydrogen-bond acceptors (Lipinski definition) is 0. The smallest absolute Gasteiger partial charge is 0.0414 e. The van der Waals surface area contributed by atoms with Crippen LogP contribution in [0.25, 0.3) is 0 Å². The van der Waals surface area contributed by atoms with Gasteiger partial charge in [0.1, 0.15) is 0 Å². The van der Waals surface area contributed by atoms with Gasteiger partial charge in [-0.25, -0.2) is 0 Å². The highest BCUT2D eigenvalue weighted by molar-refractivity contribution is 4.64. The molecule has 0 radical (unpaired) electrons. The van der Waals surface area contributed by atoms with E-state index in [2.05, 4.69) is 13.8 Å². The third kappa shape index (κ3) is 6.22. The predicted octanol–water partition coefficient (Wildman–Crippen LogP) is 5.56. The van der Waals surface area contributed by atoms with Crippen molar-refractivity contribution >= 4 is 0 Å². The average Bonchev–Trinajstić information content (AvgIpc) is 2.22. The van der Waals surface area contributed by atoms with Crippen molar-refractivity contribution in [2.75, 3.05) is 0 Å². The van der Waals surface area contributed by atoms with Crippen molar-refractivity contribution in [2.45, 2.75) is 84.5 Å². The first-order valence-electron chi connectivity index (χ1n) is 7.33. The highest BCUT2D eigenvalue weighted by Gasteiger charge is 2.11. The summed E-state index contributed by atoms with van der Waals surface area (Å²) in [5, 5.41) is 0. The fourth-order valence-electron chi connectivity index (χ4n) is 2.99. The lowest BCUT2D eigenvalue weighted by atomic mass is 9.86. The third-order valence-corrected chi connectivity index (χ3v) is 4.12. The first-order chi connectivity index (χ1) is 7.33. The van der Waals surface area contributed by atoms with E-state index in [4.69, 9.17) is 0 Å². The van der Waals surface area contributed by atoms with Gasteiger partial charge in [-0.3, -0.25) is 0 Å². The van der Waals surface area contributed by atoms with Crippen molar-refractivity contribution in [3.63, 3.8) is 0 Å². The molecule has 0 nitrogen and oxygen atoms in total. The van der Waals surface area contributed by atoms with Crippen molar-refractivity contribution in [1.29, 1.82) is 0 Å². The maximum atomic E-state index is 2.47. The summed E-state index contributed by atoms with van der Waals surface area (Å²) in [7, 11) is 0. The Labute approximate surface area is 96.8 Å². The Hall–Kier alpha value is 0. The van der Waals surface area contributed by atoms with Crippen LogP contribution in [0.5, 0.6) is 0 Å². The molecule has 0 aromatic rings. The summed E-state index contributed by atoms with van der Waals surface area (Å²) >= 11 is 0. The van der Waals surface area contributed by atoms with E-state index in [1.165, 1.54) is 70.6 Å². The molecule has 1 aliphatic carbocycles. The second-order valence-electron chi connectivity index (χ2n) is 5.67. The van der Waals surface area contributed by atoms with Crippen LogP contribution in [0.4, 0.5) is 0 Å². The maximum Gasteiger partial charge on any atom is -0.0414 e. The summed E-state index contributed by atoms with van der Waals surface area (Å²) in [6, 6.07) is 0. The van der Waals surface area contributed by atoms with Crippen molar-refractivity contribution < 1.29 is 0 Å². The van der Waals surface area contributed by atoms with E-state index in [9.17, 15) is 0 Å². The molecule has 0 aliphatic heterocycles. The first kappa shape index (κ1) is 13.1. The Kier molecular flexibility index (Phi) is 7.13. The molecule has 0 aromatic heterocycles. The predicted molar refractivity (Wildman–Crippen MR) is 69.1 cm³/mol. The molecule has 0 amide bonds. The molecule has 90 valence electrons. The van der Waals surface area contributed by atoms with Crippen molar-refractivity contribution in [2.24, 2.45) is 11.8 Å². The molecule has 0 aromatic carbocycles. The third-order valence-electron chi connectivity index (χ3n) is 4.12. The van der Waals surface area contributed by atoms with Gasteiger partial charge in [0.2, 0.25) is 0 Å². The van der Waals surface area contributed by atoms with E-state index < -0.39 is 0 Å². The van der Waals surface area contributed by atoms with Crippen molar-refractivity contribution in [3.8, 4) is 0 Å². The molecule has 2 atom stereocenters. The Morgan fingerprint density at radius 1 is 0.800 bits per heavy atom. The summed E-state index contributed by atoms with van der Waals surface area (Å²) < 4.78 is 0. The molecule has 1 saturated carbocycles. The van der Waals surface area contributed by atoms with Gasteiger partial charge in [0, 0.05) is 0 Å². The van der Waals surface area contributed by atoms with Gasteiger partial charge in [0.25, 0.3) is 0 Å². The fraction of sp³-hybridized carbons (Fsp3) is 1.00. The van der Waals surface area contributed by atoms with Gasteiger partial charge in [-0.1, -0.05) is 78.1 Å². The molecule has 2 unspecified atom stereocenters. The van der Waals surface area contributed by atoms with Gasteiger partial charge in [0.15, 0.2) is 0 Å². The topological polar surface area (TPSA) is 0 Å². The van der Waals surface area contributed by atoms with E-state index in [0.29, 0.717) is 0 Å². The van der Waals surface area contributed by atoms with Gasteiger partial charge >= 0.3 is 0 Å². The van der Waals surface area contributed by atoms with Gasteiger partial charge in [-0.2, -0.15) is 0 Å². The molecule has 0 saturated heterocycles. The summed E-state index contributed by atoms with van der Waals surface area (Å²) in [5.41, 5.74) is 0. The molecule has 1 fully saturated rings. The Morgan fingerprint density at radius 3 is 1.93 bits per heavy atom. The SMILES string of the molecule is CCC1CCCCCCCCCC(C)C1. The van der Waals surface area contributed by atoms with Gasteiger partial charge < -0.3 is 0 Å². The standard InChI is InChI=1S/C15H30/c1-3-15-12-10-8-6-4-5-7-9-11-14(2)13-15/h14-15H,3-13H2,1-2H3. The quantitative estimate of drug-likeness (QED) is 0.531. The zero-order chi connectivity index (χ0) is 10.9. The van der Waals surface area contributed by atoms with Crippen LogP contribution in [0.2, 0.25) is 0 Å². The van der Waals surface area contributed by atoms with Crippen LogP contribution in [0.15, 0.2) is 0 Å². The van der Waals surface area contributed by atoms with E-state index in [1.54, 1.807) is 0 Å². The molecule has 15 heavy (non-hydrogen) atoms. The number of hydrogen-bond donors (Lipinski definition) is 0. The fourth-order valence-corrected chi connectivity index (χ4v) is 2.99. The molecule has 1 rings (SSSR count). The van der Waals surface area contributed by atoms with Crippen LogP contribution in [-0.2, 0) is 0 Å². The second kappa shape index (κ2) is 8.19. The molecule has 0 heterocycles. The Bertz CT molecular complexity index is 139. The van der Waals surface area contributed by atoms with Crippen LogP contribution < -0.4 is 0 Å². The minimum atomic E-state index is 0.981. The van der Waals surface area contributed by atoms with Crippen LogP contribution in [0.3, 0.4) is 0 Å². The zero-order valence-corrected chi connectivity index (χ0v) is 10.9. The summed E-state index contributed by atoms with van der Waals surface area (Å²) in [4.78, 5) is 0. The van der Waals surface area contributed by atoms with Crippen molar-refractivity contribution in [3.05, 3.63) is 0 Å². The van der Waals surface area contributed by atoms with Gasteiger partial charge in [-0.05, 0) is 18.3 Å². The number of rotatable bonds is 1. The minimum Gasteiger partial charge on any atom is -0.0651 e. The van der Waals surface area contributed by atoms with Gasteiger partial charge in [0.05, 0.1) is 0 Å². The average molecular weight is 210 g/mol. The molecule has 0 heteroatoms. The van der Waals surface area contributed by atoms with E-state index >= 15 is 0 Å².